The standard InChI is InChI=1S/C13H11ClFNO4S/c1-19-13-4-2-3-10(16-13)8-20-11-6-5-9(15)7-12(11)21(14,17)18/h2-7H,8H2,1H3. The van der Waals surface area contributed by atoms with Gasteiger partial charge in [-0.1, -0.05) is 6.07 Å². The Morgan fingerprint density at radius 2 is 2.05 bits per heavy atom. The average molecular weight is 332 g/mol. The summed E-state index contributed by atoms with van der Waals surface area (Å²) in [6, 6.07) is 8.15. The van der Waals surface area contributed by atoms with Crippen molar-refractivity contribution in [3.63, 3.8) is 0 Å². The van der Waals surface area contributed by atoms with Gasteiger partial charge in [0.1, 0.15) is 23.1 Å². The van der Waals surface area contributed by atoms with E-state index >= 15 is 0 Å². The fourth-order valence-corrected chi connectivity index (χ4v) is 2.58. The van der Waals surface area contributed by atoms with Gasteiger partial charge in [0.25, 0.3) is 9.05 Å². The minimum absolute atomic E-state index is 0.0117. The van der Waals surface area contributed by atoms with Crippen LogP contribution in [0.25, 0.3) is 0 Å². The molecule has 1 aromatic carbocycles. The van der Waals surface area contributed by atoms with E-state index in [2.05, 4.69) is 4.98 Å². The third-order valence-electron chi connectivity index (χ3n) is 2.53. The number of nitrogens with zero attached hydrogens (tertiary/aromatic N) is 1. The van der Waals surface area contributed by atoms with Crippen LogP contribution in [0.5, 0.6) is 11.6 Å². The quantitative estimate of drug-likeness (QED) is 0.788. The van der Waals surface area contributed by atoms with Gasteiger partial charge in [0.2, 0.25) is 5.88 Å². The molecule has 0 bridgehead atoms. The summed E-state index contributed by atoms with van der Waals surface area (Å²) in [6.07, 6.45) is 0. The van der Waals surface area contributed by atoms with E-state index < -0.39 is 19.8 Å². The topological polar surface area (TPSA) is 65.5 Å². The summed E-state index contributed by atoms with van der Waals surface area (Å²) in [7, 11) is 2.62. The number of rotatable bonds is 5. The molecule has 1 heterocycles. The lowest BCUT2D eigenvalue weighted by molar-refractivity contribution is 0.290. The predicted octanol–water partition coefficient (Wildman–Crippen LogP) is 2.74. The molecular weight excluding hydrogens is 321 g/mol. The second-order valence-corrected chi connectivity index (χ2v) is 6.52. The van der Waals surface area contributed by atoms with Crippen molar-refractivity contribution >= 4 is 19.7 Å². The molecule has 0 saturated heterocycles. The van der Waals surface area contributed by atoms with E-state index in [1.54, 1.807) is 18.2 Å². The molecule has 5 nitrogen and oxygen atoms in total. The van der Waals surface area contributed by atoms with Crippen molar-refractivity contribution in [3.8, 4) is 11.6 Å². The van der Waals surface area contributed by atoms with E-state index in [9.17, 15) is 12.8 Å². The molecule has 112 valence electrons. The Hall–Kier alpha value is -1.86. The van der Waals surface area contributed by atoms with Crippen molar-refractivity contribution in [2.45, 2.75) is 11.5 Å². The van der Waals surface area contributed by atoms with E-state index in [1.807, 2.05) is 0 Å². The van der Waals surface area contributed by atoms with Gasteiger partial charge in [-0.15, -0.1) is 0 Å². The highest BCUT2D eigenvalue weighted by Crippen LogP contribution is 2.28. The van der Waals surface area contributed by atoms with Gasteiger partial charge < -0.3 is 9.47 Å². The third kappa shape index (κ3) is 4.05. The van der Waals surface area contributed by atoms with Crippen LogP contribution in [0.2, 0.25) is 0 Å². The van der Waals surface area contributed by atoms with Gasteiger partial charge in [0.15, 0.2) is 0 Å². The summed E-state index contributed by atoms with van der Waals surface area (Å²) < 4.78 is 46.3. The van der Waals surface area contributed by atoms with Crippen molar-refractivity contribution in [1.29, 1.82) is 0 Å². The Morgan fingerprint density at radius 1 is 1.29 bits per heavy atom. The fourth-order valence-electron chi connectivity index (χ4n) is 1.60. The molecule has 0 aliphatic rings. The number of halogens is 2. The summed E-state index contributed by atoms with van der Waals surface area (Å²) >= 11 is 0. The number of methoxy groups -OCH3 is 1. The largest absolute Gasteiger partial charge is 0.486 e. The van der Waals surface area contributed by atoms with E-state index in [0.717, 1.165) is 12.1 Å². The first-order valence-electron chi connectivity index (χ1n) is 5.77. The molecule has 8 heteroatoms. The number of hydrogen-bond donors (Lipinski definition) is 0. The minimum atomic E-state index is -4.11. The van der Waals surface area contributed by atoms with Gasteiger partial charge in [0.05, 0.1) is 12.8 Å². The van der Waals surface area contributed by atoms with E-state index in [0.29, 0.717) is 11.6 Å². The second-order valence-electron chi connectivity index (χ2n) is 3.99. The van der Waals surface area contributed by atoms with Crippen LogP contribution < -0.4 is 9.47 Å². The molecule has 21 heavy (non-hydrogen) atoms. The molecule has 0 fully saturated rings. The maximum atomic E-state index is 13.1. The van der Waals surface area contributed by atoms with Gasteiger partial charge in [0, 0.05) is 16.7 Å². The molecule has 2 rings (SSSR count). The smallest absolute Gasteiger partial charge is 0.265 e. The Kier molecular flexibility index (Phi) is 4.64. The summed E-state index contributed by atoms with van der Waals surface area (Å²) in [5.74, 6) is -0.363. The highest BCUT2D eigenvalue weighted by molar-refractivity contribution is 8.13. The molecule has 0 spiro atoms. The van der Waals surface area contributed by atoms with E-state index in [-0.39, 0.29) is 12.4 Å². The lowest BCUT2D eigenvalue weighted by Crippen LogP contribution is -2.03. The number of benzene rings is 1. The van der Waals surface area contributed by atoms with Gasteiger partial charge in [-0.25, -0.2) is 17.8 Å². The molecule has 0 aliphatic heterocycles. The van der Waals surface area contributed by atoms with Crippen molar-refractivity contribution in [3.05, 3.63) is 47.9 Å². The van der Waals surface area contributed by atoms with Crippen LogP contribution in [0.1, 0.15) is 5.69 Å². The van der Waals surface area contributed by atoms with Crippen LogP contribution in [0.3, 0.4) is 0 Å². The fraction of sp³-hybridized carbons (Fsp3) is 0.154. The third-order valence-corrected chi connectivity index (χ3v) is 3.88. The summed E-state index contributed by atoms with van der Waals surface area (Å²) in [6.45, 7) is -0.0117. The van der Waals surface area contributed by atoms with Crippen LogP contribution in [-0.2, 0) is 15.7 Å². The van der Waals surface area contributed by atoms with Gasteiger partial charge in [-0.3, -0.25) is 0 Å². The number of pyridine rings is 1. The summed E-state index contributed by atoms with van der Waals surface area (Å²) in [5, 5.41) is 0. The maximum absolute atomic E-state index is 13.1. The SMILES string of the molecule is COc1cccc(COc2ccc(F)cc2S(=O)(=O)Cl)n1. The van der Waals surface area contributed by atoms with Crippen LogP contribution >= 0.6 is 10.7 Å². The van der Waals surface area contributed by atoms with Crippen LogP contribution in [0.4, 0.5) is 4.39 Å². The van der Waals surface area contributed by atoms with Crippen LogP contribution in [0, 0.1) is 5.82 Å². The monoisotopic (exact) mass is 331 g/mol. The normalized spacial score (nSPS) is 11.2. The molecule has 0 N–H and O–H groups in total. The van der Waals surface area contributed by atoms with Crippen molar-refractivity contribution in [1.82, 2.24) is 4.98 Å². The number of hydrogen-bond acceptors (Lipinski definition) is 5. The minimum Gasteiger partial charge on any atom is -0.486 e. The number of ether oxygens (including phenoxy) is 2. The second kappa shape index (κ2) is 6.28. The lowest BCUT2D eigenvalue weighted by atomic mass is 10.3. The Labute approximate surface area is 125 Å². The Balaban J connectivity index is 2.24. The first kappa shape index (κ1) is 15.5. The summed E-state index contributed by atoms with van der Waals surface area (Å²) in [4.78, 5) is 3.69. The highest BCUT2D eigenvalue weighted by atomic mass is 35.7. The Morgan fingerprint density at radius 3 is 2.71 bits per heavy atom. The zero-order valence-corrected chi connectivity index (χ0v) is 12.5. The van der Waals surface area contributed by atoms with Gasteiger partial charge in [-0.2, -0.15) is 0 Å². The molecule has 0 atom stereocenters. The zero-order valence-electron chi connectivity index (χ0n) is 10.9. The predicted molar refractivity (Wildman–Crippen MR) is 74.6 cm³/mol. The zero-order chi connectivity index (χ0) is 15.5. The highest BCUT2D eigenvalue weighted by Gasteiger charge is 2.18. The Bertz CT molecular complexity index is 752. The van der Waals surface area contributed by atoms with Gasteiger partial charge >= 0.3 is 0 Å². The molecule has 0 unspecified atom stereocenters. The number of aromatic nitrogens is 1. The molecule has 0 saturated carbocycles. The van der Waals surface area contributed by atoms with Crippen LogP contribution in [0.15, 0.2) is 41.3 Å². The molecule has 1 aromatic heterocycles. The van der Waals surface area contributed by atoms with Gasteiger partial charge in [-0.05, 0) is 24.3 Å². The lowest BCUT2D eigenvalue weighted by Gasteiger charge is -2.10. The molecule has 0 amide bonds. The van der Waals surface area contributed by atoms with Crippen molar-refractivity contribution in [2.24, 2.45) is 0 Å². The van der Waals surface area contributed by atoms with E-state index in [1.165, 1.54) is 13.2 Å². The van der Waals surface area contributed by atoms with Crippen molar-refractivity contribution in [2.75, 3.05) is 7.11 Å². The summed E-state index contributed by atoms with van der Waals surface area (Å²) in [5.41, 5.74) is 0.525. The first-order valence-corrected chi connectivity index (χ1v) is 8.08. The van der Waals surface area contributed by atoms with Crippen molar-refractivity contribution < 1.29 is 22.3 Å². The molecular formula is C13H11ClFNO4S. The molecule has 2 aromatic rings. The first-order chi connectivity index (χ1) is 9.90. The maximum Gasteiger partial charge on any atom is 0.265 e. The average Bonchev–Trinajstić information content (AvgIpc) is 2.45. The van der Waals surface area contributed by atoms with E-state index in [4.69, 9.17) is 20.2 Å². The van der Waals surface area contributed by atoms with Crippen LogP contribution in [-0.4, -0.2) is 20.5 Å². The molecule has 0 radical (unpaired) electrons. The molecule has 0 aliphatic carbocycles.